The zero-order valence-electron chi connectivity index (χ0n) is 12.3. The van der Waals surface area contributed by atoms with Crippen molar-refractivity contribution in [2.45, 2.75) is 25.9 Å². The number of esters is 1. The summed E-state index contributed by atoms with van der Waals surface area (Å²) in [7, 11) is 0. The summed E-state index contributed by atoms with van der Waals surface area (Å²) in [4.78, 5) is 16.6. The first kappa shape index (κ1) is 14.3. The van der Waals surface area contributed by atoms with Gasteiger partial charge in [0.25, 0.3) is 0 Å². The van der Waals surface area contributed by atoms with Crippen molar-refractivity contribution in [1.29, 1.82) is 5.26 Å². The number of hydrogen-bond acceptors (Lipinski definition) is 5. The van der Waals surface area contributed by atoms with Crippen molar-refractivity contribution in [3.63, 3.8) is 0 Å². The molecule has 1 atom stereocenters. The van der Waals surface area contributed by atoms with E-state index in [1.54, 1.807) is 30.0 Å². The van der Waals surface area contributed by atoms with Crippen LogP contribution in [0, 0.1) is 18.3 Å². The van der Waals surface area contributed by atoms with Gasteiger partial charge in [-0.25, -0.2) is 9.78 Å². The zero-order valence-corrected chi connectivity index (χ0v) is 12.3. The summed E-state index contributed by atoms with van der Waals surface area (Å²) in [6.07, 6.45) is 1.93. The molecule has 1 N–H and O–H groups in total. The highest BCUT2D eigenvalue weighted by atomic mass is 16.6. The van der Waals surface area contributed by atoms with Crippen LogP contribution in [0.1, 0.15) is 34.2 Å². The van der Waals surface area contributed by atoms with Crippen LogP contribution < -0.4 is 0 Å². The van der Waals surface area contributed by atoms with E-state index in [4.69, 9.17) is 10.00 Å². The van der Waals surface area contributed by atoms with E-state index >= 15 is 0 Å². The van der Waals surface area contributed by atoms with E-state index in [2.05, 4.69) is 11.1 Å². The van der Waals surface area contributed by atoms with Gasteiger partial charge in [-0.1, -0.05) is 0 Å². The molecule has 1 aromatic heterocycles. The van der Waals surface area contributed by atoms with E-state index in [1.807, 2.05) is 13.0 Å². The zero-order chi connectivity index (χ0) is 15.9. The van der Waals surface area contributed by atoms with Crippen molar-refractivity contribution in [3.05, 3.63) is 47.0 Å². The monoisotopic (exact) mass is 297 g/mol. The first-order valence-corrected chi connectivity index (χ1v) is 6.89. The minimum atomic E-state index is -0.927. The van der Waals surface area contributed by atoms with Crippen LogP contribution >= 0.6 is 0 Å². The Morgan fingerprint density at radius 3 is 2.95 bits per heavy atom. The third-order valence-corrected chi connectivity index (χ3v) is 3.86. The second-order valence-electron chi connectivity index (χ2n) is 5.70. The summed E-state index contributed by atoms with van der Waals surface area (Å²) in [5.74, 6) is -0.502. The number of hydrogen-bond donors (Lipinski definition) is 1. The fraction of sp³-hybridized carbons (Fsp3) is 0.312. The van der Waals surface area contributed by atoms with Crippen molar-refractivity contribution in [1.82, 2.24) is 9.55 Å². The summed E-state index contributed by atoms with van der Waals surface area (Å²) >= 11 is 0. The SMILES string of the molecule is Cc1cc(-n2cnc3c2C(=O)OC(C)(CO)C3)ccc1C#N. The Bertz CT molecular complexity index is 803. The van der Waals surface area contributed by atoms with Crippen molar-refractivity contribution in [3.8, 4) is 11.8 Å². The van der Waals surface area contributed by atoms with Crippen LogP contribution in [0.2, 0.25) is 0 Å². The third kappa shape index (κ3) is 2.16. The van der Waals surface area contributed by atoms with Crippen LogP contribution in [-0.4, -0.2) is 32.8 Å². The van der Waals surface area contributed by atoms with Gasteiger partial charge < -0.3 is 9.84 Å². The van der Waals surface area contributed by atoms with E-state index in [0.29, 0.717) is 23.4 Å². The van der Waals surface area contributed by atoms with Gasteiger partial charge in [-0.2, -0.15) is 5.26 Å². The van der Waals surface area contributed by atoms with Gasteiger partial charge in [-0.15, -0.1) is 0 Å². The van der Waals surface area contributed by atoms with Gasteiger partial charge in [0.2, 0.25) is 0 Å². The average Bonchev–Trinajstić information content (AvgIpc) is 2.91. The molecule has 1 aliphatic rings. The molecule has 6 nitrogen and oxygen atoms in total. The number of fused-ring (bicyclic) bond motifs is 1. The largest absolute Gasteiger partial charge is 0.452 e. The van der Waals surface area contributed by atoms with Crippen molar-refractivity contribution in [2.75, 3.05) is 6.61 Å². The maximum atomic E-state index is 12.3. The maximum absolute atomic E-state index is 12.3. The number of nitriles is 1. The number of aryl methyl sites for hydroxylation is 1. The molecule has 1 aromatic carbocycles. The molecule has 0 fully saturated rings. The molecule has 1 unspecified atom stereocenters. The van der Waals surface area contributed by atoms with Gasteiger partial charge in [0.15, 0.2) is 5.69 Å². The molecule has 0 saturated heterocycles. The molecule has 2 aromatic rings. The lowest BCUT2D eigenvalue weighted by atomic mass is 9.97. The fourth-order valence-electron chi connectivity index (χ4n) is 2.60. The van der Waals surface area contributed by atoms with E-state index in [1.165, 1.54) is 0 Å². The Kier molecular flexibility index (Phi) is 3.23. The lowest BCUT2D eigenvalue weighted by molar-refractivity contribution is -0.0434. The average molecular weight is 297 g/mol. The Labute approximate surface area is 127 Å². The summed E-state index contributed by atoms with van der Waals surface area (Å²) in [6.45, 7) is 3.27. The number of aliphatic hydroxyl groups is 1. The van der Waals surface area contributed by atoms with Gasteiger partial charge in [-0.05, 0) is 37.6 Å². The number of aliphatic hydroxyl groups excluding tert-OH is 1. The number of benzene rings is 1. The highest BCUT2D eigenvalue weighted by molar-refractivity contribution is 5.91. The Morgan fingerprint density at radius 1 is 1.55 bits per heavy atom. The molecule has 0 amide bonds. The summed E-state index contributed by atoms with van der Waals surface area (Å²) in [5, 5.41) is 18.4. The Morgan fingerprint density at radius 2 is 2.32 bits per heavy atom. The molecule has 0 radical (unpaired) electrons. The number of nitrogens with zero attached hydrogens (tertiary/aromatic N) is 3. The van der Waals surface area contributed by atoms with Gasteiger partial charge in [-0.3, -0.25) is 4.57 Å². The van der Waals surface area contributed by atoms with Gasteiger partial charge >= 0.3 is 5.97 Å². The number of carbonyl (C=O) groups is 1. The minimum Gasteiger partial charge on any atom is -0.452 e. The first-order chi connectivity index (χ1) is 10.5. The van der Waals surface area contributed by atoms with E-state index in [9.17, 15) is 9.90 Å². The van der Waals surface area contributed by atoms with Gasteiger partial charge in [0, 0.05) is 12.1 Å². The number of rotatable bonds is 2. The number of aromatic nitrogens is 2. The highest BCUT2D eigenvalue weighted by Gasteiger charge is 2.39. The van der Waals surface area contributed by atoms with Crippen molar-refractivity contribution in [2.24, 2.45) is 0 Å². The first-order valence-electron chi connectivity index (χ1n) is 6.89. The number of carbonyl (C=O) groups excluding carboxylic acids is 1. The molecule has 3 rings (SSSR count). The predicted molar refractivity (Wildman–Crippen MR) is 77.6 cm³/mol. The molecular weight excluding hydrogens is 282 g/mol. The van der Waals surface area contributed by atoms with E-state index in [-0.39, 0.29) is 6.61 Å². The summed E-state index contributed by atoms with van der Waals surface area (Å²) in [5.41, 5.74) is 2.21. The Balaban J connectivity index is 2.08. The molecule has 112 valence electrons. The normalized spacial score (nSPS) is 20.2. The van der Waals surface area contributed by atoms with Crippen LogP contribution in [0.25, 0.3) is 5.69 Å². The summed E-state index contributed by atoms with van der Waals surface area (Å²) < 4.78 is 7.00. The standard InChI is InChI=1S/C16H15N3O3/c1-10-5-12(4-3-11(10)7-17)19-9-18-13-6-16(2,8-20)22-15(21)14(13)19/h3-5,9,20H,6,8H2,1-2H3. The van der Waals surface area contributed by atoms with E-state index in [0.717, 1.165) is 11.3 Å². The van der Waals surface area contributed by atoms with Crippen LogP contribution in [0.15, 0.2) is 24.5 Å². The smallest absolute Gasteiger partial charge is 0.357 e. The fourth-order valence-corrected chi connectivity index (χ4v) is 2.60. The molecular formula is C16H15N3O3. The van der Waals surface area contributed by atoms with Gasteiger partial charge in [0.1, 0.15) is 11.9 Å². The maximum Gasteiger partial charge on any atom is 0.357 e. The van der Waals surface area contributed by atoms with Gasteiger partial charge in [0.05, 0.1) is 23.9 Å². The Hall–Kier alpha value is -2.65. The number of cyclic esters (lactones) is 1. The second-order valence-corrected chi connectivity index (χ2v) is 5.70. The number of ether oxygens (including phenoxy) is 1. The second kappa shape index (κ2) is 4.97. The lowest BCUT2D eigenvalue weighted by Gasteiger charge is -2.31. The van der Waals surface area contributed by atoms with Crippen molar-refractivity contribution >= 4 is 5.97 Å². The highest BCUT2D eigenvalue weighted by Crippen LogP contribution is 2.29. The van der Waals surface area contributed by atoms with Crippen LogP contribution in [0.5, 0.6) is 0 Å². The third-order valence-electron chi connectivity index (χ3n) is 3.86. The van der Waals surface area contributed by atoms with Crippen molar-refractivity contribution < 1.29 is 14.6 Å². The molecule has 6 heteroatoms. The van der Waals surface area contributed by atoms with Crippen LogP contribution in [-0.2, 0) is 11.2 Å². The molecule has 0 spiro atoms. The quantitative estimate of drug-likeness (QED) is 0.849. The molecule has 22 heavy (non-hydrogen) atoms. The van der Waals surface area contributed by atoms with Crippen LogP contribution in [0.3, 0.4) is 0 Å². The van der Waals surface area contributed by atoms with Crippen LogP contribution in [0.4, 0.5) is 0 Å². The minimum absolute atomic E-state index is 0.249. The molecule has 0 saturated carbocycles. The molecule has 1 aliphatic heterocycles. The molecule has 2 heterocycles. The number of imidazole rings is 1. The molecule has 0 aliphatic carbocycles. The molecule has 0 bridgehead atoms. The summed E-state index contributed by atoms with van der Waals surface area (Å²) in [6, 6.07) is 7.42. The predicted octanol–water partition coefficient (Wildman–Crippen LogP) is 1.52. The topological polar surface area (TPSA) is 88.1 Å². The van der Waals surface area contributed by atoms with E-state index < -0.39 is 11.6 Å². The lowest BCUT2D eigenvalue weighted by Crippen LogP contribution is -2.42.